The summed E-state index contributed by atoms with van der Waals surface area (Å²) in [5.74, 6) is 2.41. The number of halogens is 1. The number of aromatic nitrogens is 4. The van der Waals surface area contributed by atoms with Crippen molar-refractivity contribution in [1.29, 1.82) is 0 Å². The van der Waals surface area contributed by atoms with Gasteiger partial charge in [0.1, 0.15) is 17.1 Å². The van der Waals surface area contributed by atoms with E-state index in [0.717, 1.165) is 53.0 Å². The van der Waals surface area contributed by atoms with Crippen molar-refractivity contribution in [3.8, 4) is 0 Å². The molecule has 1 saturated heterocycles. The molecule has 0 spiro atoms. The summed E-state index contributed by atoms with van der Waals surface area (Å²) in [5, 5.41) is 1.71. The molecule has 144 valence electrons. The molecule has 3 aromatic heterocycles. The number of fused-ring (bicyclic) bond motifs is 3. The number of benzene rings is 1. The average molecular weight is 397 g/mol. The molecule has 5 rings (SSSR count). The lowest BCUT2D eigenvalue weighted by Gasteiger charge is -2.30. The second-order valence-electron chi connectivity index (χ2n) is 7.45. The first-order valence-corrected chi connectivity index (χ1v) is 9.94. The van der Waals surface area contributed by atoms with E-state index in [9.17, 15) is 0 Å². The molecular formula is C21H21ClN4O2. The maximum absolute atomic E-state index is 6.32. The van der Waals surface area contributed by atoms with Crippen LogP contribution in [0.1, 0.15) is 43.3 Å². The lowest BCUT2D eigenvalue weighted by molar-refractivity contribution is 0.00628. The van der Waals surface area contributed by atoms with Gasteiger partial charge in [0.15, 0.2) is 0 Å². The summed E-state index contributed by atoms with van der Waals surface area (Å²) in [6.45, 7) is 4.77. The third-order valence-corrected chi connectivity index (χ3v) is 5.59. The van der Waals surface area contributed by atoms with E-state index in [1.807, 2.05) is 31.3 Å². The first-order chi connectivity index (χ1) is 13.6. The van der Waals surface area contributed by atoms with Crippen LogP contribution in [-0.2, 0) is 11.2 Å². The first-order valence-electron chi connectivity index (χ1n) is 9.56. The Balaban J connectivity index is 1.74. The van der Waals surface area contributed by atoms with Gasteiger partial charge in [0, 0.05) is 23.1 Å². The fourth-order valence-corrected chi connectivity index (χ4v) is 4.31. The van der Waals surface area contributed by atoms with E-state index in [1.54, 1.807) is 6.20 Å². The molecule has 0 aliphatic carbocycles. The molecule has 1 aromatic carbocycles. The highest BCUT2D eigenvalue weighted by atomic mass is 35.5. The van der Waals surface area contributed by atoms with Crippen LogP contribution in [0.4, 0.5) is 0 Å². The zero-order chi connectivity index (χ0) is 19.3. The molecule has 7 heteroatoms. The van der Waals surface area contributed by atoms with Crippen LogP contribution in [0, 0.1) is 6.92 Å². The quantitative estimate of drug-likeness (QED) is 0.494. The highest BCUT2D eigenvalue weighted by molar-refractivity contribution is 6.31. The molecule has 6 nitrogen and oxygen atoms in total. The van der Waals surface area contributed by atoms with Crippen LogP contribution in [-0.4, -0.2) is 32.2 Å². The average Bonchev–Trinajstić information content (AvgIpc) is 3.25. The third kappa shape index (κ3) is 3.06. The van der Waals surface area contributed by atoms with Gasteiger partial charge in [0.05, 0.1) is 36.0 Å². The van der Waals surface area contributed by atoms with Gasteiger partial charge in [-0.15, -0.1) is 0 Å². The maximum atomic E-state index is 6.32. The second-order valence-corrected chi connectivity index (χ2v) is 7.89. The number of nitrogens with zero attached hydrogens (tertiary/aromatic N) is 4. The lowest BCUT2D eigenvalue weighted by Crippen LogP contribution is -2.26. The highest BCUT2D eigenvalue weighted by Crippen LogP contribution is 2.34. The Morgan fingerprint density at radius 3 is 2.89 bits per heavy atom. The standard InChI is InChI=1S/C21H21ClN4O2/c1-12-7-15(5-6-27-12)26-19(9-20-24-10-13(2)28-20)25-18-11-23-17-4-3-14(22)8-16(17)21(18)26/h3-4,8,10-12,15H,5-7,9H2,1-2H3/t12-,15-/m1/s1. The van der Waals surface area contributed by atoms with Crippen molar-refractivity contribution >= 4 is 33.5 Å². The zero-order valence-corrected chi connectivity index (χ0v) is 16.6. The van der Waals surface area contributed by atoms with Crippen molar-refractivity contribution in [2.45, 2.75) is 45.3 Å². The van der Waals surface area contributed by atoms with E-state index in [4.69, 9.17) is 25.7 Å². The fraction of sp³-hybridized carbons (Fsp3) is 0.381. The fourth-order valence-electron chi connectivity index (χ4n) is 4.14. The van der Waals surface area contributed by atoms with Crippen LogP contribution in [0.5, 0.6) is 0 Å². The number of ether oxygens (including phenoxy) is 1. The van der Waals surface area contributed by atoms with E-state index < -0.39 is 0 Å². The molecule has 0 radical (unpaired) electrons. The van der Waals surface area contributed by atoms with Gasteiger partial charge in [-0.2, -0.15) is 0 Å². The number of hydrogen-bond acceptors (Lipinski definition) is 5. The summed E-state index contributed by atoms with van der Waals surface area (Å²) in [4.78, 5) is 13.9. The lowest BCUT2D eigenvalue weighted by atomic mass is 10.0. The molecular weight excluding hydrogens is 376 g/mol. The van der Waals surface area contributed by atoms with Crippen molar-refractivity contribution in [3.05, 3.63) is 53.1 Å². The van der Waals surface area contributed by atoms with E-state index >= 15 is 0 Å². The maximum Gasteiger partial charge on any atom is 0.201 e. The van der Waals surface area contributed by atoms with E-state index in [-0.39, 0.29) is 6.10 Å². The largest absolute Gasteiger partial charge is 0.446 e. The summed E-state index contributed by atoms with van der Waals surface area (Å²) in [7, 11) is 0. The van der Waals surface area contributed by atoms with Crippen LogP contribution in [0.25, 0.3) is 21.9 Å². The Morgan fingerprint density at radius 2 is 2.11 bits per heavy atom. The van der Waals surface area contributed by atoms with Crippen molar-refractivity contribution in [2.24, 2.45) is 0 Å². The summed E-state index contributed by atoms with van der Waals surface area (Å²) in [5.41, 5.74) is 2.86. The molecule has 28 heavy (non-hydrogen) atoms. The van der Waals surface area contributed by atoms with Crippen LogP contribution in [0.2, 0.25) is 5.02 Å². The minimum Gasteiger partial charge on any atom is -0.446 e. The number of pyridine rings is 1. The molecule has 0 unspecified atom stereocenters. The summed E-state index contributed by atoms with van der Waals surface area (Å²) < 4.78 is 13.9. The Bertz CT molecular complexity index is 1170. The summed E-state index contributed by atoms with van der Waals surface area (Å²) in [6.07, 6.45) is 6.22. The smallest absolute Gasteiger partial charge is 0.201 e. The van der Waals surface area contributed by atoms with Crippen molar-refractivity contribution in [2.75, 3.05) is 6.61 Å². The normalized spacial score (nSPS) is 20.2. The Kier molecular flexibility index (Phi) is 4.33. The minimum absolute atomic E-state index is 0.213. The molecule has 4 aromatic rings. The Hall–Kier alpha value is -2.44. The van der Waals surface area contributed by atoms with Gasteiger partial charge in [-0.3, -0.25) is 4.98 Å². The van der Waals surface area contributed by atoms with Gasteiger partial charge in [-0.1, -0.05) is 11.6 Å². The molecule has 0 N–H and O–H groups in total. The van der Waals surface area contributed by atoms with Crippen molar-refractivity contribution < 1.29 is 9.15 Å². The Morgan fingerprint density at radius 1 is 1.21 bits per heavy atom. The molecule has 0 bridgehead atoms. The van der Waals surface area contributed by atoms with Crippen molar-refractivity contribution in [1.82, 2.24) is 19.5 Å². The van der Waals surface area contributed by atoms with Crippen LogP contribution < -0.4 is 0 Å². The van der Waals surface area contributed by atoms with Crippen LogP contribution in [0.15, 0.2) is 35.0 Å². The zero-order valence-electron chi connectivity index (χ0n) is 15.9. The summed E-state index contributed by atoms with van der Waals surface area (Å²) in [6, 6.07) is 6.10. The predicted octanol–water partition coefficient (Wildman–Crippen LogP) is 4.87. The number of oxazole rings is 1. The number of hydrogen-bond donors (Lipinski definition) is 0. The van der Waals surface area contributed by atoms with E-state index in [2.05, 4.69) is 21.5 Å². The molecule has 0 amide bonds. The van der Waals surface area contributed by atoms with Crippen LogP contribution in [0.3, 0.4) is 0 Å². The molecule has 1 fully saturated rings. The van der Waals surface area contributed by atoms with E-state index in [1.165, 1.54) is 0 Å². The summed E-state index contributed by atoms with van der Waals surface area (Å²) >= 11 is 6.32. The number of rotatable bonds is 3. The van der Waals surface area contributed by atoms with Gasteiger partial charge >= 0.3 is 0 Å². The topological polar surface area (TPSA) is 66.0 Å². The third-order valence-electron chi connectivity index (χ3n) is 5.35. The SMILES string of the molecule is Cc1cnc(Cc2nc3cnc4ccc(Cl)cc4c3n2[C@@H]2CCO[C@H](C)C2)o1. The Labute approximate surface area is 167 Å². The molecule has 0 saturated carbocycles. The second kappa shape index (κ2) is 6.87. The molecule has 2 atom stereocenters. The molecule has 1 aliphatic heterocycles. The highest BCUT2D eigenvalue weighted by Gasteiger charge is 2.27. The van der Waals surface area contributed by atoms with Crippen LogP contribution >= 0.6 is 11.6 Å². The monoisotopic (exact) mass is 396 g/mol. The van der Waals surface area contributed by atoms with Crippen molar-refractivity contribution in [3.63, 3.8) is 0 Å². The number of imidazole rings is 1. The van der Waals surface area contributed by atoms with Gasteiger partial charge in [0.25, 0.3) is 0 Å². The first kappa shape index (κ1) is 17.6. The van der Waals surface area contributed by atoms with E-state index in [0.29, 0.717) is 23.4 Å². The molecule has 4 heterocycles. The number of aryl methyl sites for hydroxylation is 1. The van der Waals surface area contributed by atoms with Gasteiger partial charge in [-0.25, -0.2) is 9.97 Å². The van der Waals surface area contributed by atoms with Gasteiger partial charge < -0.3 is 13.7 Å². The minimum atomic E-state index is 0.213. The van der Waals surface area contributed by atoms with Gasteiger partial charge in [-0.05, 0) is 44.9 Å². The predicted molar refractivity (Wildman–Crippen MR) is 108 cm³/mol. The van der Waals surface area contributed by atoms with Gasteiger partial charge in [0.2, 0.25) is 5.89 Å². The molecule has 1 aliphatic rings.